The Morgan fingerprint density at radius 3 is 3.04 bits per heavy atom. The Bertz CT molecular complexity index is 814. The molecule has 3 nitrogen and oxygen atoms in total. The van der Waals surface area contributed by atoms with Crippen molar-refractivity contribution in [1.82, 2.24) is 5.32 Å². The molecule has 0 aromatic heterocycles. The number of hydrogen-bond donors (Lipinski definition) is 1. The molecule has 1 heterocycles. The topological polar surface area (TPSA) is 52.9 Å². The zero-order chi connectivity index (χ0) is 17.6. The van der Waals surface area contributed by atoms with Gasteiger partial charge in [-0.05, 0) is 36.6 Å². The third-order valence-electron chi connectivity index (χ3n) is 4.13. The van der Waals surface area contributed by atoms with Crippen LogP contribution in [-0.4, -0.2) is 23.5 Å². The summed E-state index contributed by atoms with van der Waals surface area (Å²) in [5.74, 6) is 1.76. The summed E-state index contributed by atoms with van der Waals surface area (Å²) in [5.41, 5.74) is 4.30. The van der Waals surface area contributed by atoms with E-state index >= 15 is 0 Å². The minimum Gasteiger partial charge on any atom is -0.354 e. The molecule has 2 aromatic carbocycles. The van der Waals surface area contributed by atoms with Gasteiger partial charge in [-0.3, -0.25) is 4.79 Å². The number of rotatable bonds is 6. The molecule has 2 aromatic rings. The van der Waals surface area contributed by atoms with Gasteiger partial charge in [-0.2, -0.15) is 17.0 Å². The first-order valence-electron chi connectivity index (χ1n) is 8.27. The van der Waals surface area contributed by atoms with Crippen LogP contribution in [0.15, 0.2) is 47.4 Å². The molecule has 0 radical (unpaired) electrons. The number of aryl methyl sites for hydroxylation is 1. The number of fused-ring (bicyclic) bond motifs is 1. The molecule has 128 valence electrons. The van der Waals surface area contributed by atoms with Crippen molar-refractivity contribution in [3.05, 3.63) is 64.7 Å². The second-order valence-corrected chi connectivity index (χ2v) is 8.38. The summed E-state index contributed by atoms with van der Waals surface area (Å²) in [5, 5.41) is 12.1. The van der Waals surface area contributed by atoms with Crippen molar-refractivity contribution in [2.75, 3.05) is 12.3 Å². The zero-order valence-corrected chi connectivity index (χ0v) is 15.8. The molecular weight excluding hydrogens is 348 g/mol. The second kappa shape index (κ2) is 8.46. The predicted octanol–water partition coefficient (Wildman–Crippen LogP) is 3.93. The quantitative estimate of drug-likeness (QED) is 0.785. The van der Waals surface area contributed by atoms with Gasteiger partial charge in [-0.1, -0.05) is 35.9 Å². The molecule has 0 unspecified atom stereocenters. The van der Waals surface area contributed by atoms with E-state index in [0.717, 1.165) is 29.1 Å². The SMILES string of the molecule is Cc1ccc2c(c1)S[C@@H](C(=O)NCCSCc1ccccc1C#N)C2. The first-order valence-corrected chi connectivity index (χ1v) is 10.3. The Labute approximate surface area is 157 Å². The molecule has 1 atom stereocenters. The number of nitriles is 1. The number of carbonyl (C=O) groups is 1. The molecule has 1 N–H and O–H groups in total. The van der Waals surface area contributed by atoms with Gasteiger partial charge < -0.3 is 5.32 Å². The van der Waals surface area contributed by atoms with Crippen molar-refractivity contribution < 1.29 is 4.79 Å². The van der Waals surface area contributed by atoms with Gasteiger partial charge in [0.25, 0.3) is 0 Å². The maximum Gasteiger partial charge on any atom is 0.233 e. The third-order valence-corrected chi connectivity index (χ3v) is 6.44. The standard InChI is InChI=1S/C20H20N2OS2/c1-14-6-7-15-11-19(25-18(15)10-14)20(23)22-8-9-24-13-17-5-3-2-4-16(17)12-21/h2-7,10,19H,8-9,11,13H2,1H3,(H,22,23)/t19-/m1/s1. The van der Waals surface area contributed by atoms with Crippen LogP contribution in [0, 0.1) is 18.3 Å². The van der Waals surface area contributed by atoms with E-state index < -0.39 is 0 Å². The van der Waals surface area contributed by atoms with E-state index in [1.54, 1.807) is 23.5 Å². The molecule has 0 aliphatic carbocycles. The van der Waals surface area contributed by atoms with Crippen LogP contribution in [0.25, 0.3) is 0 Å². The van der Waals surface area contributed by atoms with E-state index in [0.29, 0.717) is 6.54 Å². The van der Waals surface area contributed by atoms with Gasteiger partial charge in [0.05, 0.1) is 16.9 Å². The lowest BCUT2D eigenvalue weighted by atomic mass is 10.1. The fraction of sp³-hybridized carbons (Fsp3) is 0.300. The Morgan fingerprint density at radius 2 is 2.20 bits per heavy atom. The molecule has 0 fully saturated rings. The molecule has 0 saturated carbocycles. The molecule has 3 rings (SSSR count). The molecule has 25 heavy (non-hydrogen) atoms. The molecule has 1 aliphatic heterocycles. The molecule has 1 aliphatic rings. The highest BCUT2D eigenvalue weighted by Crippen LogP contribution is 2.37. The van der Waals surface area contributed by atoms with Crippen molar-refractivity contribution >= 4 is 29.4 Å². The first kappa shape index (κ1) is 17.9. The molecule has 0 spiro atoms. The number of amides is 1. The van der Waals surface area contributed by atoms with E-state index in [-0.39, 0.29) is 11.2 Å². The summed E-state index contributed by atoms with van der Waals surface area (Å²) in [6, 6.07) is 16.3. The van der Waals surface area contributed by atoms with Crippen LogP contribution < -0.4 is 5.32 Å². The van der Waals surface area contributed by atoms with Crippen molar-refractivity contribution in [3.8, 4) is 6.07 Å². The molecule has 0 saturated heterocycles. The van der Waals surface area contributed by atoms with E-state index in [2.05, 4.69) is 36.5 Å². The van der Waals surface area contributed by atoms with Crippen LogP contribution in [0.4, 0.5) is 0 Å². The number of carbonyl (C=O) groups excluding carboxylic acids is 1. The highest BCUT2D eigenvalue weighted by Gasteiger charge is 2.27. The number of nitrogens with one attached hydrogen (secondary N) is 1. The maximum atomic E-state index is 12.3. The predicted molar refractivity (Wildman–Crippen MR) is 105 cm³/mol. The van der Waals surface area contributed by atoms with Crippen molar-refractivity contribution in [2.24, 2.45) is 0 Å². The normalized spacial score (nSPS) is 15.4. The first-order chi connectivity index (χ1) is 12.2. The Morgan fingerprint density at radius 1 is 1.36 bits per heavy atom. The van der Waals surface area contributed by atoms with E-state index in [1.807, 2.05) is 24.3 Å². The van der Waals surface area contributed by atoms with Crippen LogP contribution in [-0.2, 0) is 17.0 Å². The Kier molecular flexibility index (Phi) is 6.06. The number of benzene rings is 2. The Hall–Kier alpha value is -1.90. The highest BCUT2D eigenvalue weighted by atomic mass is 32.2. The summed E-state index contributed by atoms with van der Waals surface area (Å²) in [6.07, 6.45) is 0.814. The van der Waals surface area contributed by atoms with Crippen LogP contribution in [0.1, 0.15) is 22.3 Å². The van der Waals surface area contributed by atoms with E-state index in [1.165, 1.54) is 16.0 Å². The number of hydrogen-bond acceptors (Lipinski definition) is 4. The van der Waals surface area contributed by atoms with Gasteiger partial charge >= 0.3 is 0 Å². The maximum absolute atomic E-state index is 12.3. The van der Waals surface area contributed by atoms with E-state index in [4.69, 9.17) is 5.26 Å². The van der Waals surface area contributed by atoms with Gasteiger partial charge in [0.15, 0.2) is 0 Å². The zero-order valence-electron chi connectivity index (χ0n) is 14.1. The lowest BCUT2D eigenvalue weighted by Crippen LogP contribution is -2.33. The van der Waals surface area contributed by atoms with Crippen molar-refractivity contribution in [3.63, 3.8) is 0 Å². The average molecular weight is 369 g/mol. The summed E-state index contributed by atoms with van der Waals surface area (Å²) in [7, 11) is 0. The number of thioether (sulfide) groups is 2. The van der Waals surface area contributed by atoms with Gasteiger partial charge in [-0.25, -0.2) is 0 Å². The van der Waals surface area contributed by atoms with Gasteiger partial charge in [0, 0.05) is 22.9 Å². The summed E-state index contributed by atoms with van der Waals surface area (Å²) < 4.78 is 0. The van der Waals surface area contributed by atoms with Crippen LogP contribution in [0.2, 0.25) is 0 Å². The summed E-state index contributed by atoms with van der Waals surface area (Å²) in [4.78, 5) is 13.6. The molecular formula is C20H20N2OS2. The fourth-order valence-electron chi connectivity index (χ4n) is 2.78. The fourth-order valence-corrected chi connectivity index (χ4v) is 4.96. The van der Waals surface area contributed by atoms with Crippen molar-refractivity contribution in [1.29, 1.82) is 5.26 Å². The smallest absolute Gasteiger partial charge is 0.233 e. The minimum absolute atomic E-state index is 0.0129. The van der Waals surface area contributed by atoms with Crippen LogP contribution in [0.3, 0.4) is 0 Å². The van der Waals surface area contributed by atoms with E-state index in [9.17, 15) is 4.79 Å². The van der Waals surface area contributed by atoms with Crippen LogP contribution in [0.5, 0.6) is 0 Å². The van der Waals surface area contributed by atoms with Gasteiger partial charge in [-0.15, -0.1) is 11.8 Å². The largest absolute Gasteiger partial charge is 0.354 e. The minimum atomic E-state index is -0.0129. The third kappa shape index (κ3) is 4.59. The van der Waals surface area contributed by atoms with Gasteiger partial charge in [0.1, 0.15) is 0 Å². The molecule has 0 bridgehead atoms. The van der Waals surface area contributed by atoms with Crippen molar-refractivity contribution in [2.45, 2.75) is 29.2 Å². The molecule has 1 amide bonds. The average Bonchev–Trinajstić information content (AvgIpc) is 3.05. The second-order valence-electron chi connectivity index (χ2n) is 6.03. The van der Waals surface area contributed by atoms with Crippen LogP contribution >= 0.6 is 23.5 Å². The lowest BCUT2D eigenvalue weighted by molar-refractivity contribution is -0.120. The lowest BCUT2D eigenvalue weighted by Gasteiger charge is -2.10. The van der Waals surface area contributed by atoms with Gasteiger partial charge in [0.2, 0.25) is 5.91 Å². The Balaban J connectivity index is 1.40. The number of nitrogens with zero attached hydrogens (tertiary/aromatic N) is 1. The summed E-state index contributed by atoms with van der Waals surface area (Å²) >= 11 is 3.41. The highest BCUT2D eigenvalue weighted by molar-refractivity contribution is 8.01. The monoisotopic (exact) mass is 368 g/mol. The summed E-state index contributed by atoms with van der Waals surface area (Å²) in [6.45, 7) is 2.74. The molecule has 5 heteroatoms.